The van der Waals surface area contributed by atoms with Crippen molar-refractivity contribution < 1.29 is 0 Å². The molecule has 21 heavy (non-hydrogen) atoms. The molecule has 0 bridgehead atoms. The van der Waals surface area contributed by atoms with Gasteiger partial charge in [-0.2, -0.15) is 0 Å². The highest BCUT2D eigenvalue weighted by Gasteiger charge is 2.08. The molecule has 0 radical (unpaired) electrons. The number of aromatic nitrogens is 2. The molecule has 0 aliphatic carbocycles. The van der Waals surface area contributed by atoms with Crippen LogP contribution in [0.5, 0.6) is 0 Å². The Morgan fingerprint density at radius 3 is 2.52 bits per heavy atom. The van der Waals surface area contributed by atoms with Gasteiger partial charge in [-0.15, -0.1) is 0 Å². The standard InChI is InChI=1S/C15H12BrN3O2/c16-13-7-10(17)6-5-9(13)8-19-15(21)12-4-2-1-3-11(12)14(20)18-19/h1-7H,8,17H2,(H,18,20). The van der Waals surface area contributed by atoms with Crippen molar-refractivity contribution >= 4 is 32.4 Å². The zero-order valence-electron chi connectivity index (χ0n) is 11.0. The van der Waals surface area contributed by atoms with Crippen LogP contribution in [-0.2, 0) is 6.54 Å². The van der Waals surface area contributed by atoms with E-state index < -0.39 is 0 Å². The van der Waals surface area contributed by atoms with Gasteiger partial charge in [0.1, 0.15) is 0 Å². The minimum Gasteiger partial charge on any atom is -0.399 e. The maximum atomic E-state index is 12.4. The highest BCUT2D eigenvalue weighted by Crippen LogP contribution is 2.20. The van der Waals surface area contributed by atoms with Crippen molar-refractivity contribution in [3.05, 3.63) is 73.2 Å². The van der Waals surface area contributed by atoms with Crippen LogP contribution in [0.2, 0.25) is 0 Å². The number of nitrogens with zero attached hydrogens (tertiary/aromatic N) is 1. The van der Waals surface area contributed by atoms with Crippen molar-refractivity contribution in [1.29, 1.82) is 0 Å². The Bertz CT molecular complexity index is 944. The second-order valence-electron chi connectivity index (χ2n) is 4.73. The van der Waals surface area contributed by atoms with E-state index in [0.29, 0.717) is 16.5 Å². The second-order valence-corrected chi connectivity index (χ2v) is 5.58. The van der Waals surface area contributed by atoms with Gasteiger partial charge < -0.3 is 5.73 Å². The van der Waals surface area contributed by atoms with E-state index in [4.69, 9.17) is 5.73 Å². The van der Waals surface area contributed by atoms with Gasteiger partial charge in [-0.05, 0) is 29.8 Å². The van der Waals surface area contributed by atoms with Crippen molar-refractivity contribution in [2.75, 3.05) is 5.73 Å². The lowest BCUT2D eigenvalue weighted by molar-refractivity contribution is 0.635. The van der Waals surface area contributed by atoms with Crippen LogP contribution in [0.3, 0.4) is 0 Å². The van der Waals surface area contributed by atoms with Crippen LogP contribution >= 0.6 is 15.9 Å². The van der Waals surface area contributed by atoms with Crippen molar-refractivity contribution in [2.24, 2.45) is 0 Å². The molecular formula is C15H12BrN3O2. The number of nitrogen functional groups attached to an aromatic ring is 1. The molecule has 0 aliphatic heterocycles. The van der Waals surface area contributed by atoms with Gasteiger partial charge in [0.15, 0.2) is 0 Å². The number of nitrogens with two attached hydrogens (primary N) is 1. The summed E-state index contributed by atoms with van der Waals surface area (Å²) < 4.78 is 2.10. The number of halogens is 1. The Hall–Kier alpha value is -2.34. The van der Waals surface area contributed by atoms with Crippen molar-refractivity contribution in [1.82, 2.24) is 9.78 Å². The first-order chi connectivity index (χ1) is 10.1. The topological polar surface area (TPSA) is 80.9 Å². The van der Waals surface area contributed by atoms with Crippen LogP contribution in [-0.4, -0.2) is 9.78 Å². The number of aromatic amines is 1. The van der Waals surface area contributed by atoms with E-state index in [1.807, 2.05) is 6.07 Å². The minimum atomic E-state index is -0.281. The van der Waals surface area contributed by atoms with E-state index >= 15 is 0 Å². The maximum absolute atomic E-state index is 12.4. The van der Waals surface area contributed by atoms with E-state index in [-0.39, 0.29) is 17.7 Å². The first-order valence-corrected chi connectivity index (χ1v) is 7.11. The molecule has 1 aromatic heterocycles. The third kappa shape index (κ3) is 2.50. The molecule has 0 atom stereocenters. The SMILES string of the molecule is Nc1ccc(Cn2[nH]c(=O)c3ccccc3c2=O)c(Br)c1. The third-order valence-electron chi connectivity index (χ3n) is 3.29. The quantitative estimate of drug-likeness (QED) is 0.697. The number of anilines is 1. The summed E-state index contributed by atoms with van der Waals surface area (Å²) in [6.07, 6.45) is 0. The summed E-state index contributed by atoms with van der Waals surface area (Å²) in [6, 6.07) is 12.1. The molecular weight excluding hydrogens is 334 g/mol. The Morgan fingerprint density at radius 1 is 1.10 bits per heavy atom. The molecule has 0 amide bonds. The van der Waals surface area contributed by atoms with Gasteiger partial charge in [0, 0.05) is 10.2 Å². The monoisotopic (exact) mass is 345 g/mol. The molecule has 0 aliphatic rings. The zero-order valence-corrected chi connectivity index (χ0v) is 12.6. The summed E-state index contributed by atoms with van der Waals surface area (Å²) in [7, 11) is 0. The van der Waals surface area contributed by atoms with Crippen LogP contribution in [0.15, 0.2) is 56.5 Å². The van der Waals surface area contributed by atoms with Gasteiger partial charge in [-0.25, -0.2) is 4.68 Å². The zero-order chi connectivity index (χ0) is 15.0. The molecule has 1 heterocycles. The third-order valence-corrected chi connectivity index (χ3v) is 4.03. The normalized spacial score (nSPS) is 10.9. The minimum absolute atomic E-state index is 0.228. The summed E-state index contributed by atoms with van der Waals surface area (Å²) in [5.74, 6) is 0. The molecule has 6 heteroatoms. The summed E-state index contributed by atoms with van der Waals surface area (Å²) >= 11 is 3.41. The number of nitrogens with one attached hydrogen (secondary N) is 1. The first-order valence-electron chi connectivity index (χ1n) is 6.32. The molecule has 3 aromatic rings. The first kappa shape index (κ1) is 13.6. The Labute approximate surface area is 128 Å². The van der Waals surface area contributed by atoms with Crippen LogP contribution in [0.4, 0.5) is 5.69 Å². The summed E-state index contributed by atoms with van der Waals surface area (Å²) in [6.45, 7) is 0.264. The van der Waals surface area contributed by atoms with Crippen LogP contribution in [0.1, 0.15) is 5.56 Å². The smallest absolute Gasteiger partial charge is 0.273 e. The fourth-order valence-corrected chi connectivity index (χ4v) is 2.74. The maximum Gasteiger partial charge on any atom is 0.273 e. The van der Waals surface area contributed by atoms with Crippen LogP contribution in [0.25, 0.3) is 10.8 Å². The molecule has 0 saturated heterocycles. The Balaban J connectivity index is 2.15. The number of H-pyrrole nitrogens is 1. The molecule has 2 aromatic carbocycles. The predicted molar refractivity (Wildman–Crippen MR) is 86.5 cm³/mol. The second kappa shape index (κ2) is 5.21. The average molecular weight is 346 g/mol. The fraction of sp³-hybridized carbons (Fsp3) is 0.0667. The lowest BCUT2D eigenvalue weighted by Gasteiger charge is -2.09. The van der Waals surface area contributed by atoms with Crippen LogP contribution in [0, 0.1) is 0 Å². The Kier molecular flexibility index (Phi) is 3.39. The van der Waals surface area contributed by atoms with E-state index in [1.54, 1.807) is 36.4 Å². The number of hydrogen-bond acceptors (Lipinski definition) is 3. The summed E-state index contributed by atoms with van der Waals surface area (Å²) in [5, 5.41) is 3.41. The number of fused-ring (bicyclic) bond motifs is 1. The highest BCUT2D eigenvalue weighted by molar-refractivity contribution is 9.10. The molecule has 3 N–H and O–H groups in total. The van der Waals surface area contributed by atoms with Gasteiger partial charge in [-0.3, -0.25) is 14.7 Å². The molecule has 0 unspecified atom stereocenters. The fourth-order valence-electron chi connectivity index (χ4n) is 2.22. The molecule has 106 valence electrons. The largest absolute Gasteiger partial charge is 0.399 e. The van der Waals surface area contributed by atoms with Crippen LogP contribution < -0.4 is 16.9 Å². The lowest BCUT2D eigenvalue weighted by atomic mass is 10.2. The average Bonchev–Trinajstić information content (AvgIpc) is 2.47. The van der Waals surface area contributed by atoms with E-state index in [2.05, 4.69) is 21.0 Å². The summed E-state index contributed by atoms with van der Waals surface area (Å²) in [4.78, 5) is 24.5. The predicted octanol–water partition coefficient (Wildman–Crippen LogP) is 2.08. The number of benzene rings is 2. The van der Waals surface area contributed by atoms with Gasteiger partial charge in [0.2, 0.25) is 0 Å². The lowest BCUT2D eigenvalue weighted by Crippen LogP contribution is -2.30. The van der Waals surface area contributed by atoms with Crippen molar-refractivity contribution in [3.8, 4) is 0 Å². The molecule has 0 spiro atoms. The van der Waals surface area contributed by atoms with Crippen molar-refractivity contribution in [2.45, 2.75) is 6.54 Å². The molecule has 0 fully saturated rings. The summed E-state index contributed by atoms with van der Waals surface area (Å²) in [5.41, 5.74) is 6.67. The Morgan fingerprint density at radius 2 is 1.81 bits per heavy atom. The van der Waals surface area contributed by atoms with E-state index in [0.717, 1.165) is 10.0 Å². The van der Waals surface area contributed by atoms with Crippen molar-refractivity contribution in [3.63, 3.8) is 0 Å². The highest BCUT2D eigenvalue weighted by atomic mass is 79.9. The van der Waals surface area contributed by atoms with Gasteiger partial charge in [0.25, 0.3) is 11.1 Å². The van der Waals surface area contributed by atoms with Gasteiger partial charge >= 0.3 is 0 Å². The molecule has 3 rings (SSSR count). The van der Waals surface area contributed by atoms with E-state index in [1.165, 1.54) is 4.68 Å². The van der Waals surface area contributed by atoms with Gasteiger partial charge in [-0.1, -0.05) is 34.1 Å². The molecule has 5 nitrogen and oxygen atoms in total. The number of rotatable bonds is 2. The van der Waals surface area contributed by atoms with Gasteiger partial charge in [0.05, 0.1) is 17.3 Å². The van der Waals surface area contributed by atoms with E-state index in [9.17, 15) is 9.59 Å². The number of hydrogen-bond donors (Lipinski definition) is 2. The molecule has 0 saturated carbocycles.